The SMILES string of the molecule is O=C1C[C@H](c2cc3ccccc3nc2N2CCOCC2)c2cn(Cc3ccccc3)c3cccc(c23)N1. The lowest BCUT2D eigenvalue weighted by atomic mass is 9.87. The van der Waals surface area contributed by atoms with Crippen LogP contribution in [0.4, 0.5) is 11.5 Å². The molecule has 2 aliphatic rings. The fourth-order valence-electron chi connectivity index (χ4n) is 5.85. The van der Waals surface area contributed by atoms with Crippen LogP contribution < -0.4 is 10.2 Å². The maximum Gasteiger partial charge on any atom is 0.225 e. The molecule has 3 aromatic carbocycles. The molecular weight excluding hydrogens is 460 g/mol. The molecule has 6 nitrogen and oxygen atoms in total. The lowest BCUT2D eigenvalue weighted by Crippen LogP contribution is -2.37. The predicted octanol–water partition coefficient (Wildman–Crippen LogP) is 5.55. The zero-order valence-electron chi connectivity index (χ0n) is 20.6. The van der Waals surface area contributed by atoms with Gasteiger partial charge in [0, 0.05) is 54.5 Å². The monoisotopic (exact) mass is 488 g/mol. The Morgan fingerprint density at radius 3 is 2.59 bits per heavy atom. The molecule has 1 fully saturated rings. The van der Waals surface area contributed by atoms with Crippen molar-refractivity contribution >= 4 is 39.2 Å². The number of hydrogen-bond donors (Lipinski definition) is 1. The van der Waals surface area contributed by atoms with Crippen LogP contribution in [-0.2, 0) is 16.1 Å². The lowest BCUT2D eigenvalue weighted by molar-refractivity contribution is -0.116. The molecule has 1 atom stereocenters. The first kappa shape index (κ1) is 22.1. The molecule has 0 spiro atoms. The molecule has 0 unspecified atom stereocenters. The molecule has 0 bridgehead atoms. The first-order valence-electron chi connectivity index (χ1n) is 12.9. The summed E-state index contributed by atoms with van der Waals surface area (Å²) in [7, 11) is 0. The standard InChI is InChI=1S/C31H28N4O2/c36-29-18-23(24-17-22-9-4-5-10-26(22)33-31(24)34-13-15-37-16-14-34)25-20-35(19-21-7-2-1-3-8-21)28-12-6-11-27(32-29)30(25)28/h1-12,17,20,23H,13-16,18-19H2,(H,32,36)/t23-/m1/s1. The summed E-state index contributed by atoms with van der Waals surface area (Å²) in [5.41, 5.74) is 6.50. The van der Waals surface area contributed by atoms with Crippen LogP contribution in [0.5, 0.6) is 0 Å². The summed E-state index contributed by atoms with van der Waals surface area (Å²) in [6, 6.07) is 27.2. The van der Waals surface area contributed by atoms with Crippen LogP contribution in [0.2, 0.25) is 0 Å². The van der Waals surface area contributed by atoms with Gasteiger partial charge in [0.25, 0.3) is 0 Å². The van der Waals surface area contributed by atoms with Gasteiger partial charge in [-0.3, -0.25) is 4.79 Å². The van der Waals surface area contributed by atoms with Gasteiger partial charge in [-0.2, -0.15) is 0 Å². The van der Waals surface area contributed by atoms with Gasteiger partial charge in [0.15, 0.2) is 0 Å². The third-order valence-corrected chi connectivity index (χ3v) is 7.59. The van der Waals surface area contributed by atoms with E-state index in [1.807, 2.05) is 30.3 Å². The Bertz CT molecular complexity index is 1620. The summed E-state index contributed by atoms with van der Waals surface area (Å²) in [4.78, 5) is 20.7. The van der Waals surface area contributed by atoms with Crippen molar-refractivity contribution in [3.8, 4) is 0 Å². The van der Waals surface area contributed by atoms with Crippen molar-refractivity contribution in [2.75, 3.05) is 36.5 Å². The van der Waals surface area contributed by atoms with E-state index in [1.165, 1.54) is 11.1 Å². The Morgan fingerprint density at radius 1 is 0.919 bits per heavy atom. The molecule has 37 heavy (non-hydrogen) atoms. The molecule has 4 heterocycles. The molecule has 2 aliphatic heterocycles. The minimum Gasteiger partial charge on any atom is -0.378 e. The molecule has 7 rings (SSSR count). The summed E-state index contributed by atoms with van der Waals surface area (Å²) in [5, 5.41) is 5.40. The predicted molar refractivity (Wildman–Crippen MR) is 147 cm³/mol. The van der Waals surface area contributed by atoms with Crippen LogP contribution in [0, 0.1) is 0 Å². The summed E-state index contributed by atoms with van der Waals surface area (Å²) in [6.07, 6.45) is 2.63. The summed E-state index contributed by atoms with van der Waals surface area (Å²) >= 11 is 0. The largest absolute Gasteiger partial charge is 0.378 e. The van der Waals surface area contributed by atoms with Crippen molar-refractivity contribution in [2.24, 2.45) is 0 Å². The fraction of sp³-hybridized carbons (Fsp3) is 0.226. The highest BCUT2D eigenvalue weighted by Gasteiger charge is 2.31. The van der Waals surface area contributed by atoms with E-state index in [0.29, 0.717) is 19.6 Å². The minimum atomic E-state index is -0.113. The van der Waals surface area contributed by atoms with E-state index in [0.717, 1.165) is 58.5 Å². The molecule has 6 heteroatoms. The molecule has 0 aliphatic carbocycles. The Balaban J connectivity index is 1.44. The van der Waals surface area contributed by atoms with Gasteiger partial charge in [-0.15, -0.1) is 0 Å². The van der Waals surface area contributed by atoms with E-state index in [-0.39, 0.29) is 11.8 Å². The number of nitrogens with zero attached hydrogens (tertiary/aromatic N) is 3. The second-order valence-corrected chi connectivity index (χ2v) is 9.90. The smallest absolute Gasteiger partial charge is 0.225 e. The number of morpholine rings is 1. The molecule has 184 valence electrons. The number of carbonyl (C=O) groups is 1. The van der Waals surface area contributed by atoms with Crippen molar-refractivity contribution in [3.63, 3.8) is 0 Å². The van der Waals surface area contributed by atoms with E-state index in [1.54, 1.807) is 0 Å². The first-order valence-corrected chi connectivity index (χ1v) is 12.9. The number of fused-ring (bicyclic) bond motifs is 1. The minimum absolute atomic E-state index is 0.0318. The molecule has 2 aromatic heterocycles. The third kappa shape index (κ3) is 3.94. The first-order chi connectivity index (χ1) is 18.2. The number of carbonyl (C=O) groups excluding carboxylic acids is 1. The molecule has 0 saturated carbocycles. The van der Waals surface area contributed by atoms with Crippen molar-refractivity contribution in [1.29, 1.82) is 0 Å². The Labute approximate surface area is 215 Å². The van der Waals surface area contributed by atoms with Crippen LogP contribution >= 0.6 is 0 Å². The van der Waals surface area contributed by atoms with Crippen molar-refractivity contribution < 1.29 is 9.53 Å². The summed E-state index contributed by atoms with van der Waals surface area (Å²) in [5.74, 6) is 0.880. The molecular formula is C31H28N4O2. The van der Waals surface area contributed by atoms with E-state index in [2.05, 4.69) is 69.5 Å². The number of hydrogen-bond acceptors (Lipinski definition) is 4. The van der Waals surface area contributed by atoms with Gasteiger partial charge in [0.1, 0.15) is 5.82 Å². The van der Waals surface area contributed by atoms with E-state index in [4.69, 9.17) is 9.72 Å². The van der Waals surface area contributed by atoms with Gasteiger partial charge in [0.05, 0.1) is 29.9 Å². The Hall–Kier alpha value is -4.16. The van der Waals surface area contributed by atoms with Gasteiger partial charge in [0.2, 0.25) is 5.91 Å². The van der Waals surface area contributed by atoms with Crippen molar-refractivity contribution in [3.05, 3.63) is 102 Å². The zero-order chi connectivity index (χ0) is 24.8. The number of pyridine rings is 1. The zero-order valence-corrected chi connectivity index (χ0v) is 20.6. The van der Waals surface area contributed by atoms with E-state index in [9.17, 15) is 4.79 Å². The second kappa shape index (κ2) is 9.05. The van der Waals surface area contributed by atoms with Crippen LogP contribution in [0.15, 0.2) is 85.1 Å². The van der Waals surface area contributed by atoms with Crippen LogP contribution in [0.3, 0.4) is 0 Å². The highest BCUT2D eigenvalue weighted by Crippen LogP contribution is 2.44. The fourth-order valence-corrected chi connectivity index (χ4v) is 5.85. The Kier molecular flexibility index (Phi) is 5.40. The third-order valence-electron chi connectivity index (χ3n) is 7.59. The number of benzene rings is 3. The summed E-state index contributed by atoms with van der Waals surface area (Å²) in [6.45, 7) is 3.71. The van der Waals surface area contributed by atoms with Crippen LogP contribution in [0.25, 0.3) is 21.8 Å². The van der Waals surface area contributed by atoms with E-state index < -0.39 is 0 Å². The number of amides is 1. The highest BCUT2D eigenvalue weighted by atomic mass is 16.5. The van der Waals surface area contributed by atoms with Gasteiger partial charge in [-0.25, -0.2) is 4.98 Å². The second-order valence-electron chi connectivity index (χ2n) is 9.90. The normalized spacial score (nSPS) is 17.7. The molecule has 5 aromatic rings. The molecule has 1 saturated heterocycles. The van der Waals surface area contributed by atoms with Crippen molar-refractivity contribution in [1.82, 2.24) is 9.55 Å². The van der Waals surface area contributed by atoms with Crippen molar-refractivity contribution in [2.45, 2.75) is 18.9 Å². The highest BCUT2D eigenvalue weighted by molar-refractivity contribution is 6.06. The molecule has 1 amide bonds. The summed E-state index contributed by atoms with van der Waals surface area (Å²) < 4.78 is 7.96. The van der Waals surface area contributed by atoms with E-state index >= 15 is 0 Å². The van der Waals surface area contributed by atoms with Gasteiger partial charge >= 0.3 is 0 Å². The molecule has 1 N–H and O–H groups in total. The van der Waals surface area contributed by atoms with Gasteiger partial charge in [-0.1, -0.05) is 54.6 Å². The van der Waals surface area contributed by atoms with Crippen LogP contribution in [-0.4, -0.2) is 41.8 Å². The number of rotatable bonds is 4. The number of anilines is 2. The molecule has 0 radical (unpaired) electrons. The topological polar surface area (TPSA) is 59.4 Å². The maximum atomic E-state index is 13.2. The van der Waals surface area contributed by atoms with Gasteiger partial charge < -0.3 is 19.5 Å². The quantitative estimate of drug-likeness (QED) is 0.360. The lowest BCUT2D eigenvalue weighted by Gasteiger charge is -2.31. The van der Waals surface area contributed by atoms with Crippen LogP contribution in [0.1, 0.15) is 29.0 Å². The average molecular weight is 489 g/mol. The average Bonchev–Trinajstić information content (AvgIpc) is 3.23. The number of ether oxygens (including phenoxy) is 1. The number of para-hydroxylation sites is 1. The number of aromatic nitrogens is 2. The van der Waals surface area contributed by atoms with Gasteiger partial charge in [-0.05, 0) is 35.4 Å². The Morgan fingerprint density at radius 2 is 1.73 bits per heavy atom. The maximum absolute atomic E-state index is 13.2. The number of nitrogens with one attached hydrogen (secondary N) is 1.